The minimum atomic E-state index is -0.419. The molecular formula is C6H5Br3OS. The van der Waals surface area contributed by atoms with Crippen molar-refractivity contribution in [1.29, 1.82) is 0 Å². The van der Waals surface area contributed by atoms with Gasteiger partial charge >= 0.3 is 0 Å². The van der Waals surface area contributed by atoms with Crippen molar-refractivity contribution in [1.82, 2.24) is 0 Å². The first kappa shape index (κ1) is 10.2. The summed E-state index contributed by atoms with van der Waals surface area (Å²) in [4.78, 5) is 0.934. The Morgan fingerprint density at radius 3 is 2.00 bits per heavy atom. The molecule has 1 nitrogen and oxygen atoms in total. The van der Waals surface area contributed by atoms with Gasteiger partial charge in [-0.3, -0.25) is 0 Å². The van der Waals surface area contributed by atoms with Gasteiger partial charge in [-0.1, -0.05) is 0 Å². The predicted molar refractivity (Wildman–Crippen MR) is 58.1 cm³/mol. The van der Waals surface area contributed by atoms with Crippen LogP contribution < -0.4 is 0 Å². The SMILES string of the molecule is CC(O)c1sc(Br)c(Br)c1Br. The summed E-state index contributed by atoms with van der Waals surface area (Å²) in [6, 6.07) is 0. The fourth-order valence-corrected chi connectivity index (χ4v) is 3.87. The number of aliphatic hydroxyl groups is 1. The number of aliphatic hydroxyl groups excluding tert-OH is 1. The topological polar surface area (TPSA) is 20.2 Å². The van der Waals surface area contributed by atoms with Gasteiger partial charge in [-0.15, -0.1) is 11.3 Å². The molecule has 0 fully saturated rings. The van der Waals surface area contributed by atoms with E-state index < -0.39 is 6.10 Å². The molecule has 0 aliphatic rings. The summed E-state index contributed by atoms with van der Waals surface area (Å²) in [5.41, 5.74) is 0. The van der Waals surface area contributed by atoms with Gasteiger partial charge in [0.1, 0.15) is 0 Å². The molecule has 0 saturated carbocycles. The van der Waals surface area contributed by atoms with E-state index in [-0.39, 0.29) is 0 Å². The van der Waals surface area contributed by atoms with Crippen molar-refractivity contribution in [2.75, 3.05) is 0 Å². The second-order valence-electron chi connectivity index (χ2n) is 2.04. The second kappa shape index (κ2) is 3.87. The highest BCUT2D eigenvalue weighted by molar-refractivity contribution is 9.14. The molecule has 62 valence electrons. The molecule has 1 N–H and O–H groups in total. The molecule has 1 atom stereocenters. The number of hydrogen-bond donors (Lipinski definition) is 1. The third-order valence-corrected chi connectivity index (χ3v) is 6.40. The van der Waals surface area contributed by atoms with E-state index in [9.17, 15) is 5.11 Å². The Labute approximate surface area is 94.2 Å². The number of hydrogen-bond acceptors (Lipinski definition) is 2. The lowest BCUT2D eigenvalue weighted by molar-refractivity contribution is 0.202. The molecule has 0 spiro atoms. The van der Waals surface area contributed by atoms with E-state index in [1.165, 1.54) is 11.3 Å². The summed E-state index contributed by atoms with van der Waals surface area (Å²) in [5, 5.41) is 9.28. The van der Waals surface area contributed by atoms with E-state index in [1.807, 2.05) is 0 Å². The van der Waals surface area contributed by atoms with Crippen LogP contribution in [0.3, 0.4) is 0 Å². The summed E-state index contributed by atoms with van der Waals surface area (Å²) in [7, 11) is 0. The summed E-state index contributed by atoms with van der Waals surface area (Å²) in [6.07, 6.45) is -0.419. The predicted octanol–water partition coefficient (Wildman–Crippen LogP) is 4.09. The Hall–Kier alpha value is 1.10. The molecule has 0 radical (unpaired) electrons. The molecule has 0 aliphatic heterocycles. The Bertz CT molecular complexity index is 269. The van der Waals surface area contributed by atoms with Gasteiger partial charge in [0.05, 0.1) is 14.4 Å². The molecule has 0 bridgehead atoms. The van der Waals surface area contributed by atoms with Crippen LogP contribution in [0, 0.1) is 0 Å². The third kappa shape index (κ3) is 2.06. The smallest absolute Gasteiger partial charge is 0.0866 e. The van der Waals surface area contributed by atoms with Gasteiger partial charge < -0.3 is 5.11 Å². The lowest BCUT2D eigenvalue weighted by atomic mass is 10.3. The lowest BCUT2D eigenvalue weighted by Gasteiger charge is -1.99. The maximum atomic E-state index is 9.28. The van der Waals surface area contributed by atoms with E-state index >= 15 is 0 Å². The fraction of sp³-hybridized carbons (Fsp3) is 0.333. The standard InChI is InChI=1S/C6H5Br3OS/c1-2(10)5-3(7)4(8)6(9)11-5/h2,10H,1H3. The molecular weight excluding hydrogens is 360 g/mol. The summed E-state index contributed by atoms with van der Waals surface area (Å²) in [6.45, 7) is 1.75. The molecule has 1 aromatic heterocycles. The van der Waals surface area contributed by atoms with Crippen LogP contribution in [0.5, 0.6) is 0 Å². The Morgan fingerprint density at radius 1 is 1.27 bits per heavy atom. The zero-order valence-electron chi connectivity index (χ0n) is 5.57. The Morgan fingerprint density at radius 2 is 1.82 bits per heavy atom. The number of halogens is 3. The van der Waals surface area contributed by atoms with Gasteiger partial charge in [-0.05, 0) is 54.7 Å². The van der Waals surface area contributed by atoms with Crippen LogP contribution in [0.15, 0.2) is 12.7 Å². The molecule has 1 unspecified atom stereocenters. The van der Waals surface area contributed by atoms with E-state index in [2.05, 4.69) is 47.8 Å². The van der Waals surface area contributed by atoms with Gasteiger partial charge in [0.25, 0.3) is 0 Å². The molecule has 0 amide bonds. The summed E-state index contributed by atoms with van der Waals surface area (Å²) >= 11 is 11.6. The highest BCUT2D eigenvalue weighted by Gasteiger charge is 2.15. The average Bonchev–Trinajstić information content (AvgIpc) is 2.17. The van der Waals surface area contributed by atoms with E-state index in [0.29, 0.717) is 0 Å². The highest BCUT2D eigenvalue weighted by Crippen LogP contribution is 2.43. The van der Waals surface area contributed by atoms with Crippen LogP contribution in [0.4, 0.5) is 0 Å². The van der Waals surface area contributed by atoms with Crippen molar-refractivity contribution in [3.63, 3.8) is 0 Å². The minimum Gasteiger partial charge on any atom is -0.388 e. The van der Waals surface area contributed by atoms with Crippen molar-refractivity contribution >= 4 is 59.1 Å². The van der Waals surface area contributed by atoms with Gasteiger partial charge in [0, 0.05) is 9.35 Å². The third-order valence-electron chi connectivity index (χ3n) is 1.16. The summed E-state index contributed by atoms with van der Waals surface area (Å²) < 4.78 is 2.91. The van der Waals surface area contributed by atoms with Gasteiger partial charge in [0.15, 0.2) is 0 Å². The zero-order valence-corrected chi connectivity index (χ0v) is 11.1. The van der Waals surface area contributed by atoms with Crippen LogP contribution in [-0.4, -0.2) is 5.11 Å². The van der Waals surface area contributed by atoms with Gasteiger partial charge in [-0.25, -0.2) is 0 Å². The van der Waals surface area contributed by atoms with E-state index in [0.717, 1.165) is 17.6 Å². The quantitative estimate of drug-likeness (QED) is 0.795. The van der Waals surface area contributed by atoms with Crippen LogP contribution in [0.1, 0.15) is 17.9 Å². The zero-order chi connectivity index (χ0) is 8.59. The Kier molecular flexibility index (Phi) is 3.58. The maximum absolute atomic E-state index is 9.28. The van der Waals surface area contributed by atoms with Crippen molar-refractivity contribution in [3.05, 3.63) is 17.6 Å². The molecule has 0 aliphatic carbocycles. The lowest BCUT2D eigenvalue weighted by Crippen LogP contribution is -1.85. The normalized spacial score (nSPS) is 13.5. The number of thiophene rings is 1. The molecule has 0 saturated heterocycles. The molecule has 0 aromatic carbocycles. The highest BCUT2D eigenvalue weighted by atomic mass is 79.9. The van der Waals surface area contributed by atoms with E-state index in [4.69, 9.17) is 0 Å². The maximum Gasteiger partial charge on any atom is 0.0866 e. The second-order valence-corrected chi connectivity index (χ2v) is 6.00. The molecule has 1 heterocycles. The minimum absolute atomic E-state index is 0.419. The van der Waals surface area contributed by atoms with Crippen molar-refractivity contribution in [2.45, 2.75) is 13.0 Å². The van der Waals surface area contributed by atoms with Crippen LogP contribution in [0.25, 0.3) is 0 Å². The van der Waals surface area contributed by atoms with Crippen molar-refractivity contribution < 1.29 is 5.11 Å². The van der Waals surface area contributed by atoms with Crippen LogP contribution in [-0.2, 0) is 0 Å². The van der Waals surface area contributed by atoms with E-state index in [1.54, 1.807) is 6.92 Å². The molecule has 11 heavy (non-hydrogen) atoms. The van der Waals surface area contributed by atoms with Crippen LogP contribution in [0.2, 0.25) is 0 Å². The summed E-state index contributed by atoms with van der Waals surface area (Å²) in [5.74, 6) is 0. The van der Waals surface area contributed by atoms with Crippen LogP contribution >= 0.6 is 59.1 Å². The average molecular weight is 365 g/mol. The van der Waals surface area contributed by atoms with Gasteiger partial charge in [-0.2, -0.15) is 0 Å². The first-order valence-corrected chi connectivity index (χ1v) is 6.04. The molecule has 5 heteroatoms. The van der Waals surface area contributed by atoms with Crippen molar-refractivity contribution in [3.8, 4) is 0 Å². The Balaban J connectivity index is 3.19. The fourth-order valence-electron chi connectivity index (χ4n) is 0.649. The molecule has 1 rings (SSSR count). The first-order valence-electron chi connectivity index (χ1n) is 2.85. The first-order chi connectivity index (χ1) is 5.04. The number of rotatable bonds is 1. The van der Waals surface area contributed by atoms with Gasteiger partial charge in [0.2, 0.25) is 0 Å². The van der Waals surface area contributed by atoms with Crippen molar-refractivity contribution in [2.24, 2.45) is 0 Å². The molecule has 1 aromatic rings. The monoisotopic (exact) mass is 362 g/mol. The largest absolute Gasteiger partial charge is 0.388 e.